The Morgan fingerprint density at radius 3 is 2.60 bits per heavy atom. The van der Waals surface area contributed by atoms with Gasteiger partial charge >= 0.3 is 0 Å². The maximum Gasteiger partial charge on any atom is 0.178 e. The molecule has 4 aromatic rings. The maximum atomic E-state index is 12.0. The van der Waals surface area contributed by atoms with Gasteiger partial charge in [-0.3, -0.25) is 4.98 Å². The molecule has 0 aliphatic heterocycles. The molecule has 1 N–H and O–H groups in total. The van der Waals surface area contributed by atoms with Gasteiger partial charge in [0.25, 0.3) is 0 Å². The average molecular weight is 418 g/mol. The zero-order chi connectivity index (χ0) is 21.1. The normalized spacial score (nSPS) is 11.3. The number of aromatic nitrogens is 3. The number of H-pyrrole nitrogens is 1. The molecule has 0 saturated carbocycles. The van der Waals surface area contributed by atoms with Gasteiger partial charge in [-0.2, -0.15) is 5.26 Å². The number of fused-ring (bicyclic) bond motifs is 1. The second-order valence-electron chi connectivity index (χ2n) is 6.59. The van der Waals surface area contributed by atoms with Crippen molar-refractivity contribution in [2.75, 3.05) is 5.75 Å². The topological polar surface area (TPSA) is 109 Å². The fraction of sp³-hybridized carbons (Fsp3) is 0.136. The van der Waals surface area contributed by atoms with Gasteiger partial charge in [-0.1, -0.05) is 13.0 Å². The van der Waals surface area contributed by atoms with Gasteiger partial charge in [0, 0.05) is 17.8 Å². The molecule has 7 nitrogen and oxygen atoms in total. The number of ether oxygens (including phenoxy) is 1. The van der Waals surface area contributed by atoms with Crippen molar-refractivity contribution in [2.24, 2.45) is 0 Å². The summed E-state index contributed by atoms with van der Waals surface area (Å²) in [5, 5.41) is 9.21. The van der Waals surface area contributed by atoms with Gasteiger partial charge in [-0.15, -0.1) is 0 Å². The van der Waals surface area contributed by atoms with Crippen LogP contribution in [0.15, 0.2) is 65.7 Å². The van der Waals surface area contributed by atoms with E-state index in [9.17, 15) is 13.7 Å². The second kappa shape index (κ2) is 7.97. The van der Waals surface area contributed by atoms with Crippen LogP contribution in [-0.2, 0) is 16.3 Å². The van der Waals surface area contributed by atoms with Gasteiger partial charge in [-0.05, 0) is 42.5 Å². The predicted octanol–water partition coefficient (Wildman–Crippen LogP) is 4.28. The lowest BCUT2D eigenvalue weighted by molar-refractivity contribution is 0.478. The van der Waals surface area contributed by atoms with Crippen molar-refractivity contribution in [3.63, 3.8) is 0 Å². The third-order valence-electron chi connectivity index (χ3n) is 4.63. The fourth-order valence-corrected chi connectivity index (χ4v) is 3.92. The highest BCUT2D eigenvalue weighted by molar-refractivity contribution is 7.91. The zero-order valence-electron chi connectivity index (χ0n) is 16.2. The molecule has 0 aliphatic rings. The Kier molecular flexibility index (Phi) is 5.21. The standard InChI is InChI=1S/C22H18N4O3S/c1-2-30(27,28)17-8-6-16(7-9-17)29-21-14-20-19(13-15(21)10-11-23)25-22(26-20)18-5-3-4-12-24-18/h3-9,12-14H,2,10H2,1H3,(H,25,26). The van der Waals surface area contributed by atoms with E-state index in [-0.39, 0.29) is 17.1 Å². The first-order valence-corrected chi connectivity index (χ1v) is 11.0. The van der Waals surface area contributed by atoms with Crippen LogP contribution in [0.25, 0.3) is 22.6 Å². The highest BCUT2D eigenvalue weighted by atomic mass is 32.2. The first kappa shape index (κ1) is 19.6. The summed E-state index contributed by atoms with van der Waals surface area (Å²) < 4.78 is 29.9. The van der Waals surface area contributed by atoms with Crippen LogP contribution < -0.4 is 4.74 Å². The zero-order valence-corrected chi connectivity index (χ0v) is 17.0. The van der Waals surface area contributed by atoms with E-state index in [4.69, 9.17) is 4.74 Å². The van der Waals surface area contributed by atoms with E-state index < -0.39 is 9.84 Å². The molecule has 2 aromatic carbocycles. The van der Waals surface area contributed by atoms with Gasteiger partial charge in [0.15, 0.2) is 15.7 Å². The third-order valence-corrected chi connectivity index (χ3v) is 6.38. The van der Waals surface area contributed by atoms with Gasteiger partial charge in [0.1, 0.15) is 17.2 Å². The molecular weight excluding hydrogens is 400 g/mol. The third kappa shape index (κ3) is 3.88. The van der Waals surface area contributed by atoms with Crippen molar-refractivity contribution in [3.05, 3.63) is 66.4 Å². The number of pyridine rings is 1. The van der Waals surface area contributed by atoms with Crippen molar-refractivity contribution in [2.45, 2.75) is 18.2 Å². The first-order valence-electron chi connectivity index (χ1n) is 9.32. The fourth-order valence-electron chi connectivity index (χ4n) is 3.03. The molecule has 4 rings (SSSR count). The minimum Gasteiger partial charge on any atom is -0.457 e. The van der Waals surface area contributed by atoms with E-state index in [0.717, 1.165) is 5.52 Å². The summed E-state index contributed by atoms with van der Waals surface area (Å²) in [6.07, 6.45) is 1.85. The average Bonchev–Trinajstić information content (AvgIpc) is 3.18. The largest absolute Gasteiger partial charge is 0.457 e. The Labute approximate surface area is 173 Å². The lowest BCUT2D eigenvalue weighted by Gasteiger charge is -2.10. The van der Waals surface area contributed by atoms with Gasteiger partial charge < -0.3 is 9.72 Å². The van der Waals surface area contributed by atoms with Crippen LogP contribution in [0.5, 0.6) is 11.5 Å². The summed E-state index contributed by atoms with van der Waals surface area (Å²) in [6.45, 7) is 1.60. The molecule has 0 aliphatic carbocycles. The smallest absolute Gasteiger partial charge is 0.178 e. The molecule has 0 bridgehead atoms. The minimum atomic E-state index is -3.28. The van der Waals surface area contributed by atoms with E-state index >= 15 is 0 Å². The molecule has 8 heteroatoms. The number of nitrogens with zero attached hydrogens (tertiary/aromatic N) is 3. The summed E-state index contributed by atoms with van der Waals surface area (Å²) in [7, 11) is -3.28. The number of imidazole rings is 1. The lowest BCUT2D eigenvalue weighted by Crippen LogP contribution is -2.03. The molecule has 0 radical (unpaired) electrons. The Balaban J connectivity index is 1.70. The predicted molar refractivity (Wildman–Crippen MR) is 113 cm³/mol. The number of nitrogens with one attached hydrogen (secondary N) is 1. The summed E-state index contributed by atoms with van der Waals surface area (Å²) in [4.78, 5) is 12.4. The van der Waals surface area contributed by atoms with E-state index in [1.165, 1.54) is 12.1 Å². The summed E-state index contributed by atoms with van der Waals surface area (Å²) in [5.74, 6) is 1.63. The molecular formula is C22H18N4O3S. The molecule has 0 unspecified atom stereocenters. The number of sulfone groups is 1. The number of aromatic amines is 1. The Hall–Kier alpha value is -3.70. The summed E-state index contributed by atoms with van der Waals surface area (Å²) in [6, 6.07) is 17.6. The van der Waals surface area contributed by atoms with Gasteiger partial charge in [0.2, 0.25) is 0 Å². The Bertz CT molecular complexity index is 1340. The number of hydrogen-bond acceptors (Lipinski definition) is 6. The van der Waals surface area contributed by atoms with Crippen molar-refractivity contribution in [3.8, 4) is 29.1 Å². The van der Waals surface area contributed by atoms with Crippen LogP contribution in [-0.4, -0.2) is 29.1 Å². The van der Waals surface area contributed by atoms with Gasteiger partial charge in [0.05, 0.1) is 34.2 Å². The van der Waals surface area contributed by atoms with E-state index in [1.807, 2.05) is 24.3 Å². The molecule has 2 aromatic heterocycles. The number of rotatable bonds is 6. The van der Waals surface area contributed by atoms with Crippen LogP contribution in [0.3, 0.4) is 0 Å². The second-order valence-corrected chi connectivity index (χ2v) is 8.87. The molecule has 0 fully saturated rings. The quantitative estimate of drug-likeness (QED) is 0.501. The van der Waals surface area contributed by atoms with E-state index in [2.05, 4.69) is 21.0 Å². The summed E-state index contributed by atoms with van der Waals surface area (Å²) >= 11 is 0. The number of benzene rings is 2. The van der Waals surface area contributed by atoms with E-state index in [0.29, 0.717) is 34.1 Å². The molecule has 0 saturated heterocycles. The van der Waals surface area contributed by atoms with Crippen LogP contribution >= 0.6 is 0 Å². The molecule has 0 atom stereocenters. The molecule has 0 spiro atoms. The molecule has 0 amide bonds. The number of nitriles is 1. The maximum absolute atomic E-state index is 12.0. The van der Waals surface area contributed by atoms with Crippen LogP contribution in [0.4, 0.5) is 0 Å². The highest BCUT2D eigenvalue weighted by Crippen LogP contribution is 2.31. The van der Waals surface area contributed by atoms with E-state index in [1.54, 1.807) is 31.3 Å². The van der Waals surface area contributed by atoms with Crippen molar-refractivity contribution in [1.29, 1.82) is 5.26 Å². The van der Waals surface area contributed by atoms with Crippen LogP contribution in [0.1, 0.15) is 12.5 Å². The van der Waals surface area contributed by atoms with Crippen LogP contribution in [0.2, 0.25) is 0 Å². The van der Waals surface area contributed by atoms with Gasteiger partial charge in [-0.25, -0.2) is 13.4 Å². The SMILES string of the molecule is CCS(=O)(=O)c1ccc(Oc2cc3nc(-c4ccccn4)[nH]c3cc2CC#N)cc1. The monoisotopic (exact) mass is 418 g/mol. The van der Waals surface area contributed by atoms with Crippen molar-refractivity contribution >= 4 is 20.9 Å². The number of hydrogen-bond donors (Lipinski definition) is 1. The van der Waals surface area contributed by atoms with Crippen molar-refractivity contribution < 1.29 is 13.2 Å². The molecule has 2 heterocycles. The first-order chi connectivity index (χ1) is 14.5. The Morgan fingerprint density at radius 2 is 1.93 bits per heavy atom. The van der Waals surface area contributed by atoms with Crippen LogP contribution in [0, 0.1) is 11.3 Å². The highest BCUT2D eigenvalue weighted by Gasteiger charge is 2.14. The minimum absolute atomic E-state index is 0.0357. The Morgan fingerprint density at radius 1 is 1.13 bits per heavy atom. The lowest BCUT2D eigenvalue weighted by atomic mass is 10.1. The molecule has 30 heavy (non-hydrogen) atoms. The molecule has 150 valence electrons. The van der Waals surface area contributed by atoms with Crippen molar-refractivity contribution in [1.82, 2.24) is 15.0 Å². The summed E-state index contributed by atoms with van der Waals surface area (Å²) in [5.41, 5.74) is 2.87.